The third kappa shape index (κ3) is 4.98. The van der Waals surface area contributed by atoms with Gasteiger partial charge in [0.25, 0.3) is 5.91 Å². The molecule has 1 heterocycles. The second-order valence-electron chi connectivity index (χ2n) is 5.73. The largest absolute Gasteiger partial charge is 0.497 e. The number of ether oxygens (including phenoxy) is 3. The smallest absolute Gasteiger partial charge is 0.271 e. The minimum Gasteiger partial charge on any atom is -0.497 e. The average molecular weight is 402 g/mol. The van der Waals surface area contributed by atoms with Gasteiger partial charge < -0.3 is 19.5 Å². The summed E-state index contributed by atoms with van der Waals surface area (Å²) in [5, 5.41) is 5.14. The molecular weight excluding hydrogens is 383 g/mol. The Hall–Kier alpha value is -3.13. The molecule has 0 aliphatic heterocycles. The Labute approximate surface area is 165 Å². The summed E-state index contributed by atoms with van der Waals surface area (Å²) in [6.45, 7) is 0.478. The van der Waals surface area contributed by atoms with Crippen molar-refractivity contribution >= 4 is 17.2 Å². The molecule has 146 valence electrons. The van der Waals surface area contributed by atoms with Crippen LogP contribution in [0.2, 0.25) is 0 Å². The van der Waals surface area contributed by atoms with Crippen LogP contribution in [-0.4, -0.2) is 25.1 Å². The normalized spacial score (nSPS) is 10.4. The van der Waals surface area contributed by atoms with Gasteiger partial charge in [-0.2, -0.15) is 0 Å². The summed E-state index contributed by atoms with van der Waals surface area (Å²) in [7, 11) is 3.15. The van der Waals surface area contributed by atoms with E-state index >= 15 is 0 Å². The fraction of sp³-hybridized carbons (Fsp3) is 0.200. The van der Waals surface area contributed by atoms with Gasteiger partial charge in [-0.25, -0.2) is 9.37 Å². The van der Waals surface area contributed by atoms with E-state index in [9.17, 15) is 9.18 Å². The number of nitrogens with zero attached hydrogens (tertiary/aromatic N) is 1. The molecule has 8 heteroatoms. The third-order valence-electron chi connectivity index (χ3n) is 3.89. The second kappa shape index (κ2) is 9.18. The van der Waals surface area contributed by atoms with E-state index in [1.54, 1.807) is 31.7 Å². The van der Waals surface area contributed by atoms with Crippen LogP contribution in [-0.2, 0) is 13.2 Å². The molecule has 6 nitrogen and oxygen atoms in total. The predicted octanol–water partition coefficient (Wildman–Crippen LogP) is 3.81. The molecule has 0 aliphatic carbocycles. The number of carbonyl (C=O) groups excluding carboxylic acids is 1. The molecule has 1 amide bonds. The topological polar surface area (TPSA) is 69.7 Å². The van der Waals surface area contributed by atoms with Gasteiger partial charge in [0.2, 0.25) is 0 Å². The highest BCUT2D eigenvalue weighted by Crippen LogP contribution is 2.24. The fourth-order valence-electron chi connectivity index (χ4n) is 2.44. The van der Waals surface area contributed by atoms with E-state index < -0.39 is 0 Å². The summed E-state index contributed by atoms with van der Waals surface area (Å²) in [6, 6.07) is 11.1. The lowest BCUT2D eigenvalue weighted by Crippen LogP contribution is -2.23. The first kappa shape index (κ1) is 19.6. The molecule has 0 fully saturated rings. The molecule has 0 bridgehead atoms. The predicted molar refractivity (Wildman–Crippen MR) is 104 cm³/mol. The van der Waals surface area contributed by atoms with Crippen LogP contribution in [0.15, 0.2) is 47.8 Å². The number of benzene rings is 2. The quantitative estimate of drug-likeness (QED) is 0.621. The van der Waals surface area contributed by atoms with Gasteiger partial charge in [0.1, 0.15) is 40.4 Å². The molecule has 1 aromatic heterocycles. The van der Waals surface area contributed by atoms with Gasteiger partial charge in [0.15, 0.2) is 0 Å². The standard InChI is InChI=1S/C20H19FN2O4S/c1-25-16-7-8-18(26-2)13(9-16)10-22-20(24)17-12-28-19(23-17)11-27-15-5-3-14(21)4-6-15/h3-9,12H,10-11H2,1-2H3,(H,22,24). The summed E-state index contributed by atoms with van der Waals surface area (Å²) >= 11 is 1.32. The number of rotatable bonds is 8. The molecule has 0 radical (unpaired) electrons. The lowest BCUT2D eigenvalue weighted by molar-refractivity contribution is 0.0946. The molecule has 2 aromatic carbocycles. The van der Waals surface area contributed by atoms with E-state index in [2.05, 4.69) is 10.3 Å². The van der Waals surface area contributed by atoms with Crippen LogP contribution < -0.4 is 19.5 Å². The van der Waals surface area contributed by atoms with E-state index in [0.717, 1.165) is 5.56 Å². The van der Waals surface area contributed by atoms with Crippen LogP contribution in [0.25, 0.3) is 0 Å². The van der Waals surface area contributed by atoms with Crippen molar-refractivity contribution in [3.8, 4) is 17.2 Å². The van der Waals surface area contributed by atoms with Gasteiger partial charge in [0.05, 0.1) is 14.2 Å². The molecule has 28 heavy (non-hydrogen) atoms. The fourth-order valence-corrected chi connectivity index (χ4v) is 3.13. The van der Waals surface area contributed by atoms with Gasteiger partial charge >= 0.3 is 0 Å². The molecule has 3 rings (SSSR count). The number of aromatic nitrogens is 1. The van der Waals surface area contributed by atoms with Crippen LogP contribution in [0.5, 0.6) is 17.2 Å². The zero-order chi connectivity index (χ0) is 19.9. The maximum absolute atomic E-state index is 12.9. The molecular formula is C20H19FN2O4S. The Morgan fingerprint density at radius 3 is 2.57 bits per heavy atom. The SMILES string of the molecule is COc1ccc(OC)c(CNC(=O)c2csc(COc3ccc(F)cc3)n2)c1. The number of hydrogen-bond acceptors (Lipinski definition) is 6. The zero-order valence-corrected chi connectivity index (χ0v) is 16.2. The minimum atomic E-state index is -0.326. The van der Waals surface area contributed by atoms with Gasteiger partial charge in [-0.05, 0) is 42.5 Å². The number of nitrogens with one attached hydrogen (secondary N) is 1. The van der Waals surface area contributed by atoms with Crippen molar-refractivity contribution in [1.29, 1.82) is 0 Å². The Morgan fingerprint density at radius 1 is 1.11 bits per heavy atom. The number of methoxy groups -OCH3 is 2. The van der Waals surface area contributed by atoms with Crippen molar-refractivity contribution in [1.82, 2.24) is 10.3 Å². The van der Waals surface area contributed by atoms with Gasteiger partial charge in [-0.1, -0.05) is 0 Å². The summed E-state index contributed by atoms with van der Waals surface area (Å²) < 4.78 is 29.0. The molecule has 0 unspecified atom stereocenters. The first-order valence-electron chi connectivity index (χ1n) is 8.41. The summed E-state index contributed by atoms with van der Waals surface area (Å²) in [4.78, 5) is 16.7. The van der Waals surface area contributed by atoms with Crippen LogP contribution in [0, 0.1) is 5.82 Å². The zero-order valence-electron chi connectivity index (χ0n) is 15.4. The van der Waals surface area contributed by atoms with Crippen molar-refractivity contribution in [2.75, 3.05) is 14.2 Å². The Bertz CT molecular complexity index is 944. The molecule has 3 aromatic rings. The average Bonchev–Trinajstić information content (AvgIpc) is 3.20. The van der Waals surface area contributed by atoms with Crippen molar-refractivity contribution in [3.05, 3.63) is 69.9 Å². The van der Waals surface area contributed by atoms with E-state index in [1.165, 1.54) is 35.6 Å². The van der Waals surface area contributed by atoms with Crippen LogP contribution in [0.1, 0.15) is 21.1 Å². The molecule has 0 saturated heterocycles. The number of thiazole rings is 1. The number of carbonyl (C=O) groups is 1. The molecule has 0 saturated carbocycles. The van der Waals surface area contributed by atoms with Crippen LogP contribution in [0.3, 0.4) is 0 Å². The first-order valence-corrected chi connectivity index (χ1v) is 9.29. The highest BCUT2D eigenvalue weighted by Gasteiger charge is 2.13. The Morgan fingerprint density at radius 2 is 1.86 bits per heavy atom. The van der Waals surface area contributed by atoms with Gasteiger partial charge in [-0.3, -0.25) is 4.79 Å². The monoisotopic (exact) mass is 402 g/mol. The van der Waals surface area contributed by atoms with Crippen molar-refractivity contribution in [3.63, 3.8) is 0 Å². The lowest BCUT2D eigenvalue weighted by Gasteiger charge is -2.11. The van der Waals surface area contributed by atoms with Crippen molar-refractivity contribution in [2.24, 2.45) is 0 Å². The Balaban J connectivity index is 1.57. The molecule has 0 spiro atoms. The summed E-state index contributed by atoms with van der Waals surface area (Å²) in [6.07, 6.45) is 0. The van der Waals surface area contributed by atoms with Crippen molar-refractivity contribution in [2.45, 2.75) is 13.2 Å². The second-order valence-corrected chi connectivity index (χ2v) is 6.67. The molecule has 0 aliphatic rings. The number of halogens is 1. The van der Waals surface area contributed by atoms with E-state index in [-0.39, 0.29) is 24.9 Å². The van der Waals surface area contributed by atoms with Crippen LogP contribution in [0.4, 0.5) is 4.39 Å². The lowest BCUT2D eigenvalue weighted by atomic mass is 10.2. The van der Waals surface area contributed by atoms with Gasteiger partial charge in [0, 0.05) is 17.5 Å². The van der Waals surface area contributed by atoms with Crippen molar-refractivity contribution < 1.29 is 23.4 Å². The maximum atomic E-state index is 12.9. The summed E-state index contributed by atoms with van der Waals surface area (Å²) in [5.74, 6) is 1.25. The summed E-state index contributed by atoms with van der Waals surface area (Å²) in [5.41, 5.74) is 1.11. The van der Waals surface area contributed by atoms with E-state index in [1.807, 2.05) is 6.07 Å². The van der Waals surface area contributed by atoms with E-state index in [4.69, 9.17) is 14.2 Å². The first-order chi connectivity index (χ1) is 13.6. The third-order valence-corrected chi connectivity index (χ3v) is 4.71. The number of hydrogen-bond donors (Lipinski definition) is 1. The molecule has 1 N–H and O–H groups in total. The van der Waals surface area contributed by atoms with E-state index in [0.29, 0.717) is 28.0 Å². The maximum Gasteiger partial charge on any atom is 0.271 e. The van der Waals surface area contributed by atoms with Crippen LogP contribution >= 0.6 is 11.3 Å². The minimum absolute atomic E-state index is 0.202. The van der Waals surface area contributed by atoms with Gasteiger partial charge in [-0.15, -0.1) is 11.3 Å². The molecule has 0 atom stereocenters. The number of amides is 1. The highest BCUT2D eigenvalue weighted by molar-refractivity contribution is 7.09. The Kier molecular flexibility index (Phi) is 6.44. The highest BCUT2D eigenvalue weighted by atomic mass is 32.1.